The van der Waals surface area contributed by atoms with Crippen molar-refractivity contribution in [2.75, 3.05) is 5.32 Å². The van der Waals surface area contributed by atoms with E-state index in [9.17, 15) is 9.90 Å². The van der Waals surface area contributed by atoms with Crippen LogP contribution >= 0.6 is 0 Å². The van der Waals surface area contributed by atoms with Gasteiger partial charge >= 0.3 is 0 Å². The Morgan fingerprint density at radius 2 is 1.96 bits per heavy atom. The SMILES string of the molecule is Cc1ccc(C2=NO[C@@]3(C2)C(=O)Nc2ccccc2[C@H]3O)cc1. The molecule has 2 heterocycles. The Hall–Kier alpha value is -2.66. The highest BCUT2D eigenvalue weighted by Gasteiger charge is 2.56. The Morgan fingerprint density at radius 1 is 1.22 bits per heavy atom. The summed E-state index contributed by atoms with van der Waals surface area (Å²) >= 11 is 0. The third-order valence-corrected chi connectivity index (χ3v) is 4.46. The Balaban J connectivity index is 1.68. The first-order valence-electron chi connectivity index (χ1n) is 7.51. The zero-order valence-corrected chi connectivity index (χ0v) is 12.6. The smallest absolute Gasteiger partial charge is 0.275 e. The van der Waals surface area contributed by atoms with E-state index in [2.05, 4.69) is 10.5 Å². The molecule has 0 radical (unpaired) electrons. The summed E-state index contributed by atoms with van der Waals surface area (Å²) in [5.41, 5.74) is 2.57. The second-order valence-corrected chi connectivity index (χ2v) is 6.01. The Morgan fingerprint density at radius 3 is 2.74 bits per heavy atom. The van der Waals surface area contributed by atoms with Crippen molar-refractivity contribution in [1.82, 2.24) is 0 Å². The van der Waals surface area contributed by atoms with Crippen LogP contribution in [0.3, 0.4) is 0 Å². The second-order valence-electron chi connectivity index (χ2n) is 6.01. The molecule has 0 saturated carbocycles. The molecule has 5 nitrogen and oxygen atoms in total. The number of fused-ring (bicyclic) bond motifs is 1. The molecule has 1 amide bonds. The van der Waals surface area contributed by atoms with Crippen molar-refractivity contribution in [2.24, 2.45) is 5.16 Å². The fourth-order valence-electron chi connectivity index (χ4n) is 3.07. The van der Waals surface area contributed by atoms with E-state index in [1.54, 1.807) is 12.1 Å². The molecule has 2 aromatic carbocycles. The summed E-state index contributed by atoms with van der Waals surface area (Å²) in [7, 11) is 0. The van der Waals surface area contributed by atoms with Gasteiger partial charge in [-0.15, -0.1) is 0 Å². The molecule has 0 fully saturated rings. The summed E-state index contributed by atoms with van der Waals surface area (Å²) in [5, 5.41) is 17.6. The number of hydrogen-bond acceptors (Lipinski definition) is 4. The summed E-state index contributed by atoms with van der Waals surface area (Å²) in [5.74, 6) is -0.366. The lowest BCUT2D eigenvalue weighted by Crippen LogP contribution is -2.51. The molecular formula is C18H16N2O3. The van der Waals surface area contributed by atoms with Gasteiger partial charge < -0.3 is 15.3 Å². The van der Waals surface area contributed by atoms with Crippen LogP contribution in [-0.4, -0.2) is 22.3 Å². The summed E-state index contributed by atoms with van der Waals surface area (Å²) in [4.78, 5) is 18.0. The van der Waals surface area contributed by atoms with E-state index in [1.165, 1.54) is 0 Å². The average Bonchev–Trinajstić information content (AvgIpc) is 3.01. The van der Waals surface area contributed by atoms with Crippen LogP contribution in [0.25, 0.3) is 0 Å². The molecule has 2 atom stereocenters. The van der Waals surface area contributed by atoms with E-state index in [0.717, 1.165) is 11.1 Å². The lowest BCUT2D eigenvalue weighted by molar-refractivity contribution is -0.156. The number of aryl methyl sites for hydroxylation is 1. The van der Waals surface area contributed by atoms with Gasteiger partial charge in [0.15, 0.2) is 0 Å². The number of carbonyl (C=O) groups excluding carboxylic acids is 1. The summed E-state index contributed by atoms with van der Waals surface area (Å²) < 4.78 is 0. The normalized spacial score (nSPS) is 25.6. The van der Waals surface area contributed by atoms with Gasteiger partial charge in [-0.1, -0.05) is 53.2 Å². The van der Waals surface area contributed by atoms with Gasteiger partial charge in [-0.3, -0.25) is 4.79 Å². The number of nitrogens with zero attached hydrogens (tertiary/aromatic N) is 1. The minimum absolute atomic E-state index is 0.234. The number of nitrogens with one attached hydrogen (secondary N) is 1. The number of amides is 1. The highest BCUT2D eigenvalue weighted by Crippen LogP contribution is 2.44. The number of aliphatic hydroxyl groups is 1. The average molecular weight is 308 g/mol. The molecule has 2 aromatic rings. The van der Waals surface area contributed by atoms with Crippen molar-refractivity contribution in [3.8, 4) is 0 Å². The maximum absolute atomic E-state index is 12.6. The highest BCUT2D eigenvalue weighted by atomic mass is 16.7. The summed E-state index contributed by atoms with van der Waals surface area (Å²) in [6.07, 6.45) is -0.823. The predicted octanol–water partition coefficient (Wildman–Crippen LogP) is 2.54. The number of aliphatic hydroxyl groups excluding tert-OH is 1. The quantitative estimate of drug-likeness (QED) is 0.850. The van der Waals surface area contributed by atoms with Gasteiger partial charge in [0.2, 0.25) is 0 Å². The number of benzene rings is 2. The molecule has 2 N–H and O–H groups in total. The van der Waals surface area contributed by atoms with Crippen LogP contribution in [0.4, 0.5) is 5.69 Å². The number of carbonyl (C=O) groups is 1. The standard InChI is InChI=1S/C18H16N2O3/c1-11-6-8-12(9-7-11)15-10-18(23-20-15)16(21)13-4-2-3-5-14(13)19-17(18)22/h2-9,16,21H,10H2,1H3,(H,19,22)/t16-,18-/m1/s1. The number of hydrogen-bond donors (Lipinski definition) is 2. The number of rotatable bonds is 1. The molecule has 5 heteroatoms. The maximum Gasteiger partial charge on any atom is 0.275 e. The van der Waals surface area contributed by atoms with Crippen LogP contribution in [0.2, 0.25) is 0 Å². The van der Waals surface area contributed by atoms with E-state index in [0.29, 0.717) is 17.0 Å². The predicted molar refractivity (Wildman–Crippen MR) is 86.2 cm³/mol. The molecular weight excluding hydrogens is 292 g/mol. The third-order valence-electron chi connectivity index (χ3n) is 4.46. The number of para-hydroxylation sites is 1. The van der Waals surface area contributed by atoms with E-state index < -0.39 is 11.7 Å². The molecule has 2 aliphatic rings. The monoisotopic (exact) mass is 308 g/mol. The Kier molecular flexibility index (Phi) is 2.99. The lowest BCUT2D eigenvalue weighted by Gasteiger charge is -2.35. The van der Waals surface area contributed by atoms with Gasteiger partial charge in [-0.25, -0.2) is 0 Å². The van der Waals surface area contributed by atoms with Crippen LogP contribution in [0.1, 0.15) is 29.2 Å². The van der Waals surface area contributed by atoms with Crippen LogP contribution < -0.4 is 5.32 Å². The molecule has 0 saturated heterocycles. The zero-order valence-electron chi connectivity index (χ0n) is 12.6. The summed E-state index contributed by atoms with van der Waals surface area (Å²) in [6.45, 7) is 2.01. The van der Waals surface area contributed by atoms with Crippen LogP contribution in [0, 0.1) is 6.92 Å². The highest BCUT2D eigenvalue weighted by molar-refractivity contribution is 6.09. The molecule has 1 spiro atoms. The van der Waals surface area contributed by atoms with Crippen molar-refractivity contribution in [3.63, 3.8) is 0 Å². The van der Waals surface area contributed by atoms with Gasteiger partial charge in [0, 0.05) is 17.7 Å². The van der Waals surface area contributed by atoms with Crippen molar-refractivity contribution < 1.29 is 14.7 Å². The first-order chi connectivity index (χ1) is 11.1. The molecule has 4 rings (SSSR count). The number of anilines is 1. The molecule has 0 bridgehead atoms. The van der Waals surface area contributed by atoms with Crippen LogP contribution in [-0.2, 0) is 9.63 Å². The van der Waals surface area contributed by atoms with E-state index >= 15 is 0 Å². The van der Waals surface area contributed by atoms with Gasteiger partial charge in [0.25, 0.3) is 11.5 Å². The maximum atomic E-state index is 12.6. The topological polar surface area (TPSA) is 70.9 Å². The Bertz CT molecular complexity index is 813. The molecule has 116 valence electrons. The van der Waals surface area contributed by atoms with E-state index in [1.807, 2.05) is 43.3 Å². The van der Waals surface area contributed by atoms with E-state index in [4.69, 9.17) is 4.84 Å². The van der Waals surface area contributed by atoms with Crippen molar-refractivity contribution in [2.45, 2.75) is 25.0 Å². The minimum atomic E-state index is -1.39. The van der Waals surface area contributed by atoms with Gasteiger partial charge in [-0.05, 0) is 18.6 Å². The first kappa shape index (κ1) is 14.0. The largest absolute Gasteiger partial charge is 0.383 e. The minimum Gasteiger partial charge on any atom is -0.383 e. The van der Waals surface area contributed by atoms with Crippen LogP contribution in [0.15, 0.2) is 53.7 Å². The van der Waals surface area contributed by atoms with Crippen molar-refractivity contribution >= 4 is 17.3 Å². The molecule has 2 aliphatic heterocycles. The summed E-state index contributed by atoms with van der Waals surface area (Å²) in [6, 6.07) is 15.0. The van der Waals surface area contributed by atoms with Crippen LogP contribution in [0.5, 0.6) is 0 Å². The number of oxime groups is 1. The van der Waals surface area contributed by atoms with Crippen molar-refractivity contribution in [3.05, 3.63) is 65.2 Å². The zero-order chi connectivity index (χ0) is 16.0. The lowest BCUT2D eigenvalue weighted by atomic mass is 9.81. The first-order valence-corrected chi connectivity index (χ1v) is 7.51. The van der Waals surface area contributed by atoms with Gasteiger partial charge in [0.05, 0.1) is 5.71 Å². The van der Waals surface area contributed by atoms with Gasteiger partial charge in [-0.2, -0.15) is 0 Å². The molecule has 0 aromatic heterocycles. The fraction of sp³-hybridized carbons (Fsp3) is 0.222. The molecule has 23 heavy (non-hydrogen) atoms. The second kappa shape index (κ2) is 4.93. The molecule has 0 unspecified atom stereocenters. The van der Waals surface area contributed by atoms with Gasteiger partial charge in [0.1, 0.15) is 6.10 Å². The fourth-order valence-corrected chi connectivity index (χ4v) is 3.07. The van der Waals surface area contributed by atoms with Crippen molar-refractivity contribution in [1.29, 1.82) is 0 Å². The van der Waals surface area contributed by atoms with E-state index in [-0.39, 0.29) is 12.3 Å². The molecule has 0 aliphatic carbocycles. The Labute approximate surface area is 133 Å². The third kappa shape index (κ3) is 2.04.